The average molecular weight is 285 g/mol. The molecule has 0 saturated heterocycles. The van der Waals surface area contributed by atoms with Crippen LogP contribution < -0.4 is 5.32 Å². The van der Waals surface area contributed by atoms with Crippen LogP contribution in [0.1, 0.15) is 44.4 Å². The van der Waals surface area contributed by atoms with Crippen LogP contribution >= 0.6 is 0 Å². The molecule has 2 N–H and O–H groups in total. The molecule has 0 bridgehead atoms. The molecule has 3 rings (SSSR count). The maximum absolute atomic E-state index is 9.56. The number of hydrogen-bond donors (Lipinski definition) is 2. The Balaban J connectivity index is 1.63. The normalized spacial score (nSPS) is 23.9. The number of aliphatic hydroxyl groups excluding tert-OH is 1. The summed E-state index contributed by atoms with van der Waals surface area (Å²) in [7, 11) is 0. The van der Waals surface area contributed by atoms with Gasteiger partial charge >= 0.3 is 0 Å². The number of nitrogens with one attached hydrogen (secondary N) is 1. The van der Waals surface area contributed by atoms with E-state index in [0.717, 1.165) is 42.8 Å². The Morgan fingerprint density at radius 1 is 1.05 bits per heavy atom. The zero-order chi connectivity index (χ0) is 14.7. The maximum Gasteiger partial charge on any atom is 0.134 e. The van der Waals surface area contributed by atoms with E-state index in [1.165, 1.54) is 0 Å². The van der Waals surface area contributed by atoms with Crippen LogP contribution in [0.3, 0.4) is 0 Å². The van der Waals surface area contributed by atoms with Gasteiger partial charge in [-0.05, 0) is 44.7 Å². The molecule has 3 heteroatoms. The first-order chi connectivity index (χ1) is 10.2. The summed E-state index contributed by atoms with van der Waals surface area (Å²) in [5, 5.41) is 13.2. The fourth-order valence-electron chi connectivity index (χ4n) is 3.02. The highest BCUT2D eigenvalue weighted by Crippen LogP contribution is 2.27. The molecular formula is C18H23NO2. The number of benzene rings is 1. The Hall–Kier alpha value is -1.58. The average Bonchev–Trinajstić information content (AvgIpc) is 3.00. The molecular weight excluding hydrogens is 262 g/mol. The van der Waals surface area contributed by atoms with Crippen molar-refractivity contribution in [2.24, 2.45) is 0 Å². The summed E-state index contributed by atoms with van der Waals surface area (Å²) in [6, 6.07) is 14.9. The van der Waals surface area contributed by atoms with Crippen LogP contribution in [0, 0.1) is 0 Å². The smallest absolute Gasteiger partial charge is 0.134 e. The summed E-state index contributed by atoms with van der Waals surface area (Å²) in [4.78, 5) is 0. The molecule has 1 aromatic carbocycles. The number of hydrogen-bond acceptors (Lipinski definition) is 3. The molecule has 1 aliphatic rings. The second kappa shape index (κ2) is 6.46. The summed E-state index contributed by atoms with van der Waals surface area (Å²) in [6.07, 6.45) is 3.78. The SMILES string of the molecule is CC(NC1CCC(O)CC1)c1ccc(-c2ccccc2)o1. The lowest BCUT2D eigenvalue weighted by molar-refractivity contribution is 0.114. The van der Waals surface area contributed by atoms with E-state index in [0.29, 0.717) is 6.04 Å². The molecule has 1 fully saturated rings. The van der Waals surface area contributed by atoms with E-state index in [1.807, 2.05) is 24.3 Å². The quantitative estimate of drug-likeness (QED) is 0.895. The lowest BCUT2D eigenvalue weighted by atomic mass is 9.92. The Bertz CT molecular complexity index is 556. The minimum absolute atomic E-state index is 0.105. The molecule has 1 aliphatic carbocycles. The maximum atomic E-state index is 9.56. The summed E-state index contributed by atoms with van der Waals surface area (Å²) in [5.41, 5.74) is 1.11. The molecule has 0 radical (unpaired) electrons. The van der Waals surface area contributed by atoms with E-state index >= 15 is 0 Å². The van der Waals surface area contributed by atoms with E-state index < -0.39 is 0 Å². The third kappa shape index (κ3) is 3.55. The van der Waals surface area contributed by atoms with Gasteiger partial charge in [-0.25, -0.2) is 0 Å². The van der Waals surface area contributed by atoms with Gasteiger partial charge in [0.1, 0.15) is 11.5 Å². The second-order valence-corrected chi connectivity index (χ2v) is 5.96. The Kier molecular flexibility index (Phi) is 4.42. The fourth-order valence-corrected chi connectivity index (χ4v) is 3.02. The molecule has 0 spiro atoms. The van der Waals surface area contributed by atoms with E-state index in [2.05, 4.69) is 30.4 Å². The van der Waals surface area contributed by atoms with Crippen molar-refractivity contribution < 1.29 is 9.52 Å². The fraction of sp³-hybridized carbons (Fsp3) is 0.444. The van der Waals surface area contributed by atoms with Crippen LogP contribution in [0.2, 0.25) is 0 Å². The zero-order valence-corrected chi connectivity index (χ0v) is 12.5. The Labute approximate surface area is 126 Å². The highest BCUT2D eigenvalue weighted by atomic mass is 16.3. The molecule has 3 nitrogen and oxygen atoms in total. The monoisotopic (exact) mass is 285 g/mol. The van der Waals surface area contributed by atoms with Gasteiger partial charge in [0.05, 0.1) is 12.1 Å². The summed E-state index contributed by atoms with van der Waals surface area (Å²) in [6.45, 7) is 2.14. The molecule has 21 heavy (non-hydrogen) atoms. The van der Waals surface area contributed by atoms with Crippen molar-refractivity contribution in [1.29, 1.82) is 0 Å². The van der Waals surface area contributed by atoms with Crippen molar-refractivity contribution in [2.75, 3.05) is 0 Å². The molecule has 0 amide bonds. The Morgan fingerprint density at radius 3 is 2.48 bits per heavy atom. The molecule has 0 aliphatic heterocycles. The second-order valence-electron chi connectivity index (χ2n) is 5.96. The highest BCUT2D eigenvalue weighted by molar-refractivity contribution is 5.57. The van der Waals surface area contributed by atoms with Crippen LogP contribution in [-0.4, -0.2) is 17.3 Å². The Morgan fingerprint density at radius 2 is 1.76 bits per heavy atom. The van der Waals surface area contributed by atoms with Crippen molar-refractivity contribution in [1.82, 2.24) is 5.32 Å². The molecule has 2 aromatic rings. The van der Waals surface area contributed by atoms with Gasteiger partial charge in [0.25, 0.3) is 0 Å². The molecule has 1 atom stereocenters. The third-order valence-electron chi connectivity index (χ3n) is 4.29. The van der Waals surface area contributed by atoms with Crippen molar-refractivity contribution in [3.8, 4) is 11.3 Å². The largest absolute Gasteiger partial charge is 0.459 e. The van der Waals surface area contributed by atoms with Crippen LogP contribution in [0.5, 0.6) is 0 Å². The van der Waals surface area contributed by atoms with Crippen molar-refractivity contribution >= 4 is 0 Å². The van der Waals surface area contributed by atoms with Gasteiger partial charge < -0.3 is 14.8 Å². The lowest BCUT2D eigenvalue weighted by Gasteiger charge is -2.28. The van der Waals surface area contributed by atoms with E-state index in [-0.39, 0.29) is 12.1 Å². The predicted octanol–water partition coefficient (Wildman–Crippen LogP) is 3.90. The van der Waals surface area contributed by atoms with Crippen molar-refractivity contribution in [2.45, 2.75) is 50.8 Å². The van der Waals surface area contributed by atoms with Crippen LogP contribution in [0.25, 0.3) is 11.3 Å². The first-order valence-electron chi connectivity index (χ1n) is 7.81. The van der Waals surface area contributed by atoms with Crippen molar-refractivity contribution in [3.63, 3.8) is 0 Å². The summed E-state index contributed by atoms with van der Waals surface area (Å²) in [5.74, 6) is 1.89. The predicted molar refractivity (Wildman–Crippen MR) is 84.0 cm³/mol. The molecule has 1 aromatic heterocycles. The minimum atomic E-state index is -0.105. The van der Waals surface area contributed by atoms with Crippen LogP contribution in [0.15, 0.2) is 46.9 Å². The van der Waals surface area contributed by atoms with E-state index in [1.54, 1.807) is 0 Å². The first kappa shape index (κ1) is 14.4. The van der Waals surface area contributed by atoms with Crippen LogP contribution in [-0.2, 0) is 0 Å². The van der Waals surface area contributed by atoms with E-state index in [9.17, 15) is 5.11 Å². The minimum Gasteiger partial charge on any atom is -0.459 e. The highest BCUT2D eigenvalue weighted by Gasteiger charge is 2.22. The molecule has 1 unspecified atom stereocenters. The summed E-state index contributed by atoms with van der Waals surface area (Å²) >= 11 is 0. The number of rotatable bonds is 4. The first-order valence-corrected chi connectivity index (χ1v) is 7.81. The van der Waals surface area contributed by atoms with Crippen LogP contribution in [0.4, 0.5) is 0 Å². The lowest BCUT2D eigenvalue weighted by Crippen LogP contribution is -2.36. The van der Waals surface area contributed by atoms with Gasteiger partial charge in [-0.1, -0.05) is 30.3 Å². The van der Waals surface area contributed by atoms with Gasteiger partial charge in [0.15, 0.2) is 0 Å². The zero-order valence-electron chi connectivity index (χ0n) is 12.5. The molecule has 1 saturated carbocycles. The van der Waals surface area contributed by atoms with Gasteiger partial charge in [0, 0.05) is 11.6 Å². The number of aliphatic hydroxyl groups is 1. The van der Waals surface area contributed by atoms with Gasteiger partial charge in [-0.2, -0.15) is 0 Å². The van der Waals surface area contributed by atoms with Gasteiger partial charge in [-0.15, -0.1) is 0 Å². The number of furan rings is 1. The van der Waals surface area contributed by atoms with E-state index in [4.69, 9.17) is 4.42 Å². The van der Waals surface area contributed by atoms with Gasteiger partial charge in [0.2, 0.25) is 0 Å². The standard InChI is InChI=1S/C18H23NO2/c1-13(19-15-7-9-16(20)10-8-15)17-11-12-18(21-17)14-5-3-2-4-6-14/h2-6,11-13,15-16,19-20H,7-10H2,1H3. The van der Waals surface area contributed by atoms with Crippen molar-refractivity contribution in [3.05, 3.63) is 48.2 Å². The summed E-state index contributed by atoms with van der Waals surface area (Å²) < 4.78 is 5.98. The topological polar surface area (TPSA) is 45.4 Å². The molecule has 112 valence electrons. The van der Waals surface area contributed by atoms with Gasteiger partial charge in [-0.3, -0.25) is 0 Å². The third-order valence-corrected chi connectivity index (χ3v) is 4.29. The molecule has 1 heterocycles.